The predicted octanol–water partition coefficient (Wildman–Crippen LogP) is 3.80. The van der Waals surface area contributed by atoms with E-state index in [4.69, 9.17) is 4.42 Å². The lowest BCUT2D eigenvalue weighted by molar-refractivity contribution is 0.522. The first-order valence-electron chi connectivity index (χ1n) is 6.94. The number of aromatic nitrogens is 1. The molecule has 3 rings (SSSR count). The van der Waals surface area contributed by atoms with Gasteiger partial charge in [-0.1, -0.05) is 37.3 Å². The average molecular weight is 280 g/mol. The van der Waals surface area contributed by atoms with Gasteiger partial charge in [-0.25, -0.2) is 4.79 Å². The molecule has 0 saturated carbocycles. The van der Waals surface area contributed by atoms with Gasteiger partial charge in [-0.3, -0.25) is 0 Å². The Morgan fingerprint density at radius 2 is 1.95 bits per heavy atom. The number of para-hydroxylation sites is 2. The summed E-state index contributed by atoms with van der Waals surface area (Å²) in [4.78, 5) is 16.5. The van der Waals surface area contributed by atoms with E-state index in [-0.39, 0.29) is 11.6 Å². The smallest absolute Gasteiger partial charge is 0.348 e. The van der Waals surface area contributed by atoms with Gasteiger partial charge in [-0.05, 0) is 36.6 Å². The second kappa shape index (κ2) is 5.40. The molecule has 3 aromatic rings. The lowest BCUT2D eigenvalue weighted by atomic mass is 10.1. The topological polar surface area (TPSA) is 55.1 Å². The highest BCUT2D eigenvalue weighted by atomic mass is 16.4. The third-order valence-corrected chi connectivity index (χ3v) is 3.50. The van der Waals surface area contributed by atoms with Gasteiger partial charge in [0, 0.05) is 5.69 Å². The monoisotopic (exact) mass is 280 g/mol. The molecule has 0 unspecified atom stereocenters. The van der Waals surface area contributed by atoms with Crippen LogP contribution in [0.3, 0.4) is 0 Å². The number of rotatable bonds is 3. The summed E-state index contributed by atoms with van der Waals surface area (Å²) in [6.45, 7) is 4.01. The summed E-state index contributed by atoms with van der Waals surface area (Å²) in [7, 11) is 0. The van der Waals surface area contributed by atoms with Crippen molar-refractivity contribution in [3.05, 3.63) is 64.0 Å². The number of hydrogen-bond acceptors (Lipinski definition) is 4. The Morgan fingerprint density at radius 1 is 1.14 bits per heavy atom. The first-order chi connectivity index (χ1) is 10.2. The van der Waals surface area contributed by atoms with Crippen molar-refractivity contribution in [3.8, 4) is 0 Å². The number of nitrogens with zero attached hydrogens (tertiary/aromatic N) is 1. The number of aryl methyl sites for hydroxylation is 2. The fraction of sp³-hybridized carbons (Fsp3) is 0.176. The molecule has 4 nitrogen and oxygen atoms in total. The van der Waals surface area contributed by atoms with Gasteiger partial charge < -0.3 is 9.73 Å². The van der Waals surface area contributed by atoms with Crippen LogP contribution in [0.25, 0.3) is 10.9 Å². The van der Waals surface area contributed by atoms with Crippen molar-refractivity contribution in [2.75, 3.05) is 5.32 Å². The van der Waals surface area contributed by atoms with Gasteiger partial charge in [0.2, 0.25) is 0 Å². The van der Waals surface area contributed by atoms with E-state index in [9.17, 15) is 4.79 Å². The molecule has 0 amide bonds. The molecule has 1 aromatic heterocycles. The van der Waals surface area contributed by atoms with Crippen LogP contribution in [0.4, 0.5) is 11.7 Å². The van der Waals surface area contributed by atoms with E-state index >= 15 is 0 Å². The summed E-state index contributed by atoms with van der Waals surface area (Å²) < 4.78 is 5.27. The molecular formula is C17H16N2O2. The third-order valence-electron chi connectivity index (χ3n) is 3.50. The van der Waals surface area contributed by atoms with Crippen LogP contribution in [0.2, 0.25) is 0 Å². The fourth-order valence-corrected chi connectivity index (χ4v) is 2.36. The molecule has 2 aromatic carbocycles. The fourth-order valence-electron chi connectivity index (χ4n) is 2.36. The van der Waals surface area contributed by atoms with E-state index in [1.165, 1.54) is 0 Å². The van der Waals surface area contributed by atoms with Crippen molar-refractivity contribution in [1.82, 2.24) is 4.98 Å². The molecule has 1 N–H and O–H groups in total. The number of hydrogen-bond donors (Lipinski definition) is 1. The Bertz CT molecular complexity index is 853. The molecule has 0 spiro atoms. The molecule has 0 aliphatic carbocycles. The highest BCUT2D eigenvalue weighted by Crippen LogP contribution is 2.21. The summed E-state index contributed by atoms with van der Waals surface area (Å²) in [5.41, 5.74) is 3.30. The highest BCUT2D eigenvalue weighted by Gasteiger charge is 2.09. The van der Waals surface area contributed by atoms with Crippen LogP contribution in [-0.2, 0) is 6.42 Å². The van der Waals surface area contributed by atoms with Crippen molar-refractivity contribution < 1.29 is 4.42 Å². The Hall–Kier alpha value is -2.62. The van der Waals surface area contributed by atoms with Crippen LogP contribution in [-0.4, -0.2) is 4.98 Å². The average Bonchev–Trinajstić information content (AvgIpc) is 2.49. The zero-order chi connectivity index (χ0) is 14.8. The quantitative estimate of drug-likeness (QED) is 0.792. The molecule has 21 heavy (non-hydrogen) atoms. The lowest BCUT2D eigenvalue weighted by Crippen LogP contribution is -2.06. The Morgan fingerprint density at radius 3 is 2.76 bits per heavy atom. The van der Waals surface area contributed by atoms with Crippen molar-refractivity contribution in [2.24, 2.45) is 0 Å². The maximum absolute atomic E-state index is 12.0. The summed E-state index contributed by atoms with van der Waals surface area (Å²) in [5.74, 6) is 0. The minimum absolute atomic E-state index is 0.225. The molecule has 0 atom stereocenters. The van der Waals surface area contributed by atoms with E-state index in [1.807, 2.05) is 43.3 Å². The van der Waals surface area contributed by atoms with E-state index in [2.05, 4.69) is 17.2 Å². The Labute approximate surface area is 122 Å². The maximum atomic E-state index is 12.0. The molecule has 0 aliphatic rings. The van der Waals surface area contributed by atoms with Crippen LogP contribution in [0, 0.1) is 6.92 Å². The molecular weight excluding hydrogens is 264 g/mol. The molecule has 4 heteroatoms. The summed E-state index contributed by atoms with van der Waals surface area (Å²) in [6, 6.07) is 13.6. The molecule has 0 radical (unpaired) electrons. The Kier molecular flexibility index (Phi) is 3.44. The second-order valence-electron chi connectivity index (χ2n) is 4.91. The van der Waals surface area contributed by atoms with Gasteiger partial charge in [0.15, 0.2) is 0 Å². The van der Waals surface area contributed by atoms with E-state index in [1.54, 1.807) is 6.07 Å². The normalized spacial score (nSPS) is 10.8. The van der Waals surface area contributed by atoms with Gasteiger partial charge in [-0.2, -0.15) is 4.98 Å². The third kappa shape index (κ3) is 2.52. The standard InChI is InChI=1S/C17H16N2O2/c1-3-12-8-4-5-10-14(12)18-17-19-15-11(2)7-6-9-13(15)16(20)21-17/h4-10H,3H2,1-2H3,(H,18,19). The highest BCUT2D eigenvalue weighted by molar-refractivity contribution is 5.81. The minimum Gasteiger partial charge on any atom is -0.388 e. The van der Waals surface area contributed by atoms with Crippen LogP contribution in [0.15, 0.2) is 51.7 Å². The van der Waals surface area contributed by atoms with Crippen molar-refractivity contribution >= 4 is 22.6 Å². The molecule has 0 fully saturated rings. The van der Waals surface area contributed by atoms with Gasteiger partial charge in [0.05, 0.1) is 10.9 Å². The van der Waals surface area contributed by atoms with Gasteiger partial charge >= 0.3 is 11.6 Å². The second-order valence-corrected chi connectivity index (χ2v) is 4.91. The van der Waals surface area contributed by atoms with E-state index in [0.29, 0.717) is 10.9 Å². The number of anilines is 2. The predicted molar refractivity (Wildman–Crippen MR) is 84.1 cm³/mol. The van der Waals surface area contributed by atoms with Gasteiger partial charge in [0.25, 0.3) is 0 Å². The number of benzene rings is 2. The summed E-state index contributed by atoms with van der Waals surface area (Å²) >= 11 is 0. The van der Waals surface area contributed by atoms with Crippen LogP contribution in [0.1, 0.15) is 18.1 Å². The lowest BCUT2D eigenvalue weighted by Gasteiger charge is -2.09. The zero-order valence-electron chi connectivity index (χ0n) is 12.0. The first kappa shape index (κ1) is 13.4. The van der Waals surface area contributed by atoms with Gasteiger partial charge in [0.1, 0.15) is 0 Å². The number of nitrogens with one attached hydrogen (secondary N) is 1. The van der Waals surface area contributed by atoms with Gasteiger partial charge in [-0.15, -0.1) is 0 Å². The molecule has 0 aliphatic heterocycles. The van der Waals surface area contributed by atoms with E-state index < -0.39 is 0 Å². The minimum atomic E-state index is -0.375. The number of fused-ring (bicyclic) bond motifs is 1. The van der Waals surface area contributed by atoms with Crippen LogP contribution >= 0.6 is 0 Å². The SMILES string of the molecule is CCc1ccccc1Nc1nc2c(C)cccc2c(=O)o1. The maximum Gasteiger partial charge on any atom is 0.348 e. The molecule has 106 valence electrons. The molecule has 0 bridgehead atoms. The zero-order valence-corrected chi connectivity index (χ0v) is 12.0. The first-order valence-corrected chi connectivity index (χ1v) is 6.94. The van der Waals surface area contributed by atoms with Crippen LogP contribution < -0.4 is 10.9 Å². The van der Waals surface area contributed by atoms with Crippen molar-refractivity contribution in [1.29, 1.82) is 0 Å². The molecule has 1 heterocycles. The largest absolute Gasteiger partial charge is 0.388 e. The molecule has 0 saturated heterocycles. The Balaban J connectivity index is 2.09. The van der Waals surface area contributed by atoms with E-state index in [0.717, 1.165) is 23.2 Å². The van der Waals surface area contributed by atoms with Crippen LogP contribution in [0.5, 0.6) is 0 Å². The summed E-state index contributed by atoms with van der Waals surface area (Å²) in [6.07, 6.45) is 0.889. The van der Waals surface area contributed by atoms with Crippen molar-refractivity contribution in [3.63, 3.8) is 0 Å². The van der Waals surface area contributed by atoms with Crippen molar-refractivity contribution in [2.45, 2.75) is 20.3 Å². The summed E-state index contributed by atoms with van der Waals surface area (Å²) in [5, 5.41) is 3.61.